The van der Waals surface area contributed by atoms with E-state index in [1.54, 1.807) is 36.5 Å². The molecule has 3 nitrogen and oxygen atoms in total. The van der Waals surface area contributed by atoms with Crippen LogP contribution in [0.2, 0.25) is 10.0 Å². The largest absolute Gasteiger partial charge is 0.399 e. The first kappa shape index (κ1) is 16.2. The highest BCUT2D eigenvalue weighted by atomic mass is 35.5. The number of hydrogen-bond donors (Lipinski definition) is 0. The molecule has 5 heteroatoms. The summed E-state index contributed by atoms with van der Waals surface area (Å²) in [6, 6.07) is 14.4. The summed E-state index contributed by atoms with van der Waals surface area (Å²) < 4.78 is 0. The Labute approximate surface area is 127 Å². The monoisotopic (exact) mass is 309 g/mol. The maximum Gasteiger partial charge on any atom is 0.151 e. The molecule has 0 fully saturated rings. The van der Waals surface area contributed by atoms with Gasteiger partial charge in [0.2, 0.25) is 0 Å². The van der Waals surface area contributed by atoms with Crippen molar-refractivity contribution in [1.29, 1.82) is 0 Å². The predicted octanol–water partition coefficient (Wildman–Crippen LogP) is 4.47. The van der Waals surface area contributed by atoms with E-state index in [1.165, 1.54) is 7.11 Å². The van der Waals surface area contributed by atoms with E-state index >= 15 is 0 Å². The quantitative estimate of drug-likeness (QED) is 0.476. The van der Waals surface area contributed by atoms with E-state index in [1.807, 2.05) is 18.2 Å². The zero-order valence-corrected chi connectivity index (χ0v) is 12.3. The van der Waals surface area contributed by atoms with Crippen LogP contribution in [-0.2, 0) is 4.84 Å². The number of carbonyl (C=O) groups is 1. The molecule has 0 heterocycles. The molecule has 0 amide bonds. The highest BCUT2D eigenvalue weighted by Gasteiger charge is 1.93. The van der Waals surface area contributed by atoms with Crippen molar-refractivity contribution in [3.8, 4) is 0 Å². The lowest BCUT2D eigenvalue weighted by molar-refractivity contribution is 0.112. The molecule has 0 aromatic heterocycles. The van der Waals surface area contributed by atoms with E-state index in [9.17, 15) is 4.79 Å². The van der Waals surface area contributed by atoms with Gasteiger partial charge in [0.1, 0.15) is 7.11 Å². The second kappa shape index (κ2) is 9.13. The van der Waals surface area contributed by atoms with Crippen LogP contribution in [0.15, 0.2) is 53.7 Å². The van der Waals surface area contributed by atoms with Crippen LogP contribution in [0.3, 0.4) is 0 Å². The average molecular weight is 310 g/mol. The van der Waals surface area contributed by atoms with Crippen LogP contribution in [0.5, 0.6) is 0 Å². The summed E-state index contributed by atoms with van der Waals surface area (Å²) in [7, 11) is 1.49. The Morgan fingerprint density at radius 1 is 0.950 bits per heavy atom. The van der Waals surface area contributed by atoms with Crippen molar-refractivity contribution >= 4 is 35.7 Å². The van der Waals surface area contributed by atoms with Crippen LogP contribution in [0.4, 0.5) is 0 Å². The molecule has 0 aliphatic heterocycles. The summed E-state index contributed by atoms with van der Waals surface area (Å²) in [6.07, 6.45) is 2.31. The van der Waals surface area contributed by atoms with Gasteiger partial charge in [0.15, 0.2) is 6.29 Å². The summed E-state index contributed by atoms with van der Waals surface area (Å²) in [4.78, 5) is 14.7. The minimum atomic E-state index is 0.507. The number of hydrogen-bond acceptors (Lipinski definition) is 3. The average Bonchev–Trinajstić information content (AvgIpc) is 2.48. The highest BCUT2D eigenvalue weighted by molar-refractivity contribution is 6.33. The Morgan fingerprint density at radius 2 is 1.45 bits per heavy atom. The van der Waals surface area contributed by atoms with Crippen LogP contribution in [0.1, 0.15) is 15.9 Å². The molecule has 2 aromatic carbocycles. The second-order valence-electron chi connectivity index (χ2n) is 3.58. The molecule has 0 aliphatic carbocycles. The van der Waals surface area contributed by atoms with Crippen molar-refractivity contribution in [3.63, 3.8) is 0 Å². The summed E-state index contributed by atoms with van der Waals surface area (Å²) >= 11 is 11.4. The van der Waals surface area contributed by atoms with Crippen molar-refractivity contribution in [2.45, 2.75) is 0 Å². The molecular formula is C15H13Cl2NO2. The third-order valence-electron chi connectivity index (χ3n) is 2.23. The van der Waals surface area contributed by atoms with E-state index < -0.39 is 0 Å². The number of nitrogens with zero attached hydrogens (tertiary/aromatic N) is 1. The van der Waals surface area contributed by atoms with Gasteiger partial charge < -0.3 is 4.84 Å². The maximum absolute atomic E-state index is 10.1. The first-order chi connectivity index (χ1) is 9.69. The van der Waals surface area contributed by atoms with Gasteiger partial charge in [-0.05, 0) is 12.1 Å². The molecular weight excluding hydrogens is 297 g/mol. The van der Waals surface area contributed by atoms with Crippen molar-refractivity contribution in [2.75, 3.05) is 7.11 Å². The molecule has 0 atom stereocenters. The number of aldehydes is 1. The third kappa shape index (κ3) is 5.43. The zero-order valence-electron chi connectivity index (χ0n) is 10.8. The first-order valence-electron chi connectivity index (χ1n) is 5.69. The number of rotatable bonds is 3. The Hall–Kier alpha value is -1.84. The lowest BCUT2D eigenvalue weighted by Gasteiger charge is -1.93. The molecule has 0 saturated carbocycles. The standard InChI is InChI=1S/C8H8ClNO.C7H5ClO/c1-11-10-6-7-4-2-3-5-8(7)9;8-7-4-2-1-3-6(7)5-9/h2-6H,1H3;1-5H. The normalized spacial score (nSPS) is 9.75. The molecule has 2 rings (SSSR count). The molecule has 0 bridgehead atoms. The van der Waals surface area contributed by atoms with E-state index in [0.717, 1.165) is 11.8 Å². The van der Waals surface area contributed by atoms with Crippen LogP contribution in [0.25, 0.3) is 0 Å². The van der Waals surface area contributed by atoms with Crippen molar-refractivity contribution < 1.29 is 9.63 Å². The van der Waals surface area contributed by atoms with Crippen LogP contribution in [0, 0.1) is 0 Å². The predicted molar refractivity (Wildman–Crippen MR) is 82.9 cm³/mol. The lowest BCUT2D eigenvalue weighted by Crippen LogP contribution is -1.82. The van der Waals surface area contributed by atoms with Crippen LogP contribution in [-0.4, -0.2) is 19.6 Å². The Morgan fingerprint density at radius 3 is 1.85 bits per heavy atom. The van der Waals surface area contributed by atoms with Crippen molar-refractivity contribution in [2.24, 2.45) is 5.16 Å². The van der Waals surface area contributed by atoms with Gasteiger partial charge in [0.25, 0.3) is 0 Å². The molecule has 0 aliphatic rings. The molecule has 104 valence electrons. The minimum Gasteiger partial charge on any atom is -0.399 e. The summed E-state index contributed by atoms with van der Waals surface area (Å²) in [6.45, 7) is 0. The van der Waals surface area contributed by atoms with Crippen LogP contribution < -0.4 is 0 Å². The SMILES string of the molecule is CON=Cc1ccccc1Cl.O=Cc1ccccc1Cl. The molecule has 20 heavy (non-hydrogen) atoms. The maximum atomic E-state index is 10.1. The molecule has 0 unspecified atom stereocenters. The fourth-order valence-electron chi connectivity index (χ4n) is 1.26. The van der Waals surface area contributed by atoms with Crippen LogP contribution >= 0.6 is 23.2 Å². The number of carbonyl (C=O) groups excluding carboxylic acids is 1. The van der Waals surface area contributed by atoms with Crippen molar-refractivity contribution in [3.05, 3.63) is 69.7 Å². The minimum absolute atomic E-state index is 0.507. The van der Waals surface area contributed by atoms with Gasteiger partial charge in [-0.15, -0.1) is 0 Å². The second-order valence-corrected chi connectivity index (χ2v) is 4.39. The summed E-state index contributed by atoms with van der Waals surface area (Å²) in [5, 5.41) is 4.77. The van der Waals surface area contributed by atoms with Gasteiger partial charge >= 0.3 is 0 Å². The molecule has 0 radical (unpaired) electrons. The number of benzene rings is 2. The zero-order chi connectivity index (χ0) is 14.8. The third-order valence-corrected chi connectivity index (χ3v) is 2.92. The number of oxime groups is 1. The lowest BCUT2D eigenvalue weighted by atomic mass is 10.2. The van der Waals surface area contributed by atoms with Gasteiger partial charge in [-0.25, -0.2) is 0 Å². The molecule has 2 aromatic rings. The van der Waals surface area contributed by atoms with Gasteiger partial charge in [0, 0.05) is 16.1 Å². The molecule has 0 spiro atoms. The Kier molecular flexibility index (Phi) is 7.40. The fraction of sp³-hybridized carbons (Fsp3) is 0.0667. The van der Waals surface area contributed by atoms with E-state index in [4.69, 9.17) is 23.2 Å². The topological polar surface area (TPSA) is 38.7 Å². The Balaban J connectivity index is 0.000000204. The fourth-order valence-corrected chi connectivity index (χ4v) is 1.62. The van der Waals surface area contributed by atoms with E-state index in [2.05, 4.69) is 9.99 Å². The number of halogens is 2. The molecule has 0 saturated heterocycles. The molecule has 0 N–H and O–H groups in total. The van der Waals surface area contributed by atoms with Gasteiger partial charge in [0.05, 0.1) is 11.2 Å². The van der Waals surface area contributed by atoms with Gasteiger partial charge in [-0.2, -0.15) is 0 Å². The van der Waals surface area contributed by atoms with Gasteiger partial charge in [-0.1, -0.05) is 64.8 Å². The van der Waals surface area contributed by atoms with E-state index in [-0.39, 0.29) is 0 Å². The van der Waals surface area contributed by atoms with E-state index in [0.29, 0.717) is 15.6 Å². The summed E-state index contributed by atoms with van der Waals surface area (Å²) in [5.74, 6) is 0. The summed E-state index contributed by atoms with van der Waals surface area (Å²) in [5.41, 5.74) is 1.40. The first-order valence-corrected chi connectivity index (χ1v) is 6.45. The smallest absolute Gasteiger partial charge is 0.151 e. The Bertz CT molecular complexity index is 586. The van der Waals surface area contributed by atoms with Crippen molar-refractivity contribution in [1.82, 2.24) is 0 Å². The van der Waals surface area contributed by atoms with Gasteiger partial charge in [-0.3, -0.25) is 4.79 Å². The highest BCUT2D eigenvalue weighted by Crippen LogP contribution is 2.12.